The molecule has 0 heterocycles. The molecule has 0 spiro atoms. The fourth-order valence-corrected chi connectivity index (χ4v) is 4.94. The van der Waals surface area contributed by atoms with Gasteiger partial charge in [0.2, 0.25) is 10.0 Å². The Kier molecular flexibility index (Phi) is 5.39. The Labute approximate surface area is 139 Å². The van der Waals surface area contributed by atoms with E-state index in [-0.39, 0.29) is 12.5 Å². The van der Waals surface area contributed by atoms with Crippen molar-refractivity contribution in [1.29, 1.82) is 0 Å². The lowest BCUT2D eigenvalue weighted by molar-refractivity contribution is 0.0888. The van der Waals surface area contributed by atoms with E-state index in [9.17, 15) is 13.5 Å². The van der Waals surface area contributed by atoms with E-state index in [0.717, 1.165) is 50.5 Å². The molecule has 0 aromatic heterocycles. The van der Waals surface area contributed by atoms with Crippen LogP contribution < -0.4 is 4.72 Å². The summed E-state index contributed by atoms with van der Waals surface area (Å²) >= 11 is 0. The lowest BCUT2D eigenvalue weighted by atomic mass is 9.85. The molecule has 1 aromatic carbocycles. The van der Waals surface area contributed by atoms with Crippen molar-refractivity contribution in [1.82, 2.24) is 4.72 Å². The van der Waals surface area contributed by atoms with Crippen LogP contribution in [0.1, 0.15) is 56.1 Å². The zero-order valence-electron chi connectivity index (χ0n) is 13.6. The Morgan fingerprint density at radius 1 is 1.04 bits per heavy atom. The normalized spacial score (nSPS) is 20.9. The Bertz CT molecular complexity index is 636. The number of aliphatic hydroxyl groups is 1. The molecule has 2 N–H and O–H groups in total. The van der Waals surface area contributed by atoms with Crippen molar-refractivity contribution in [2.24, 2.45) is 5.92 Å². The van der Waals surface area contributed by atoms with E-state index in [1.54, 1.807) is 6.07 Å². The van der Waals surface area contributed by atoms with Crippen LogP contribution in [0.3, 0.4) is 0 Å². The minimum Gasteiger partial charge on any atom is -0.391 e. The van der Waals surface area contributed by atoms with Crippen LogP contribution in [-0.4, -0.2) is 26.2 Å². The molecule has 1 atom stereocenters. The Hall–Kier alpha value is -0.910. The standard InChI is InChI=1S/C18H27NO3S/c20-18(15-7-2-1-3-8-15)13-19-23(21,22)17-11-10-14-6-4-5-9-16(14)12-17/h10-12,15,18-20H,1-9,13H2/t18-/m0/s1. The summed E-state index contributed by atoms with van der Waals surface area (Å²) in [7, 11) is -3.54. The molecule has 23 heavy (non-hydrogen) atoms. The van der Waals surface area contributed by atoms with Crippen LogP contribution >= 0.6 is 0 Å². The van der Waals surface area contributed by atoms with Crippen LogP contribution in [0.4, 0.5) is 0 Å². The van der Waals surface area contributed by atoms with Gasteiger partial charge in [0, 0.05) is 6.54 Å². The third-order valence-corrected chi connectivity index (χ3v) is 6.73. The van der Waals surface area contributed by atoms with E-state index in [1.165, 1.54) is 18.4 Å². The van der Waals surface area contributed by atoms with Gasteiger partial charge in [0.25, 0.3) is 0 Å². The van der Waals surface area contributed by atoms with Crippen LogP contribution in [0.15, 0.2) is 23.1 Å². The third kappa shape index (κ3) is 4.14. The molecule has 4 nitrogen and oxygen atoms in total. The minimum atomic E-state index is -3.54. The second-order valence-electron chi connectivity index (χ2n) is 6.95. The van der Waals surface area contributed by atoms with Gasteiger partial charge < -0.3 is 5.11 Å². The van der Waals surface area contributed by atoms with E-state index in [1.807, 2.05) is 12.1 Å². The monoisotopic (exact) mass is 337 g/mol. The van der Waals surface area contributed by atoms with Gasteiger partial charge in [0.15, 0.2) is 0 Å². The second-order valence-corrected chi connectivity index (χ2v) is 8.72. The lowest BCUT2D eigenvalue weighted by Crippen LogP contribution is -2.37. The molecule has 128 valence electrons. The molecule has 0 saturated heterocycles. The maximum Gasteiger partial charge on any atom is 0.240 e. The molecule has 5 heteroatoms. The molecule has 1 aromatic rings. The number of hydrogen-bond acceptors (Lipinski definition) is 3. The molecule has 0 bridgehead atoms. The summed E-state index contributed by atoms with van der Waals surface area (Å²) in [5, 5.41) is 10.2. The highest BCUT2D eigenvalue weighted by Crippen LogP contribution is 2.27. The Morgan fingerprint density at radius 2 is 1.74 bits per heavy atom. The highest BCUT2D eigenvalue weighted by Gasteiger charge is 2.24. The molecule has 0 amide bonds. The van der Waals surface area contributed by atoms with Crippen molar-refractivity contribution in [2.75, 3.05) is 6.54 Å². The number of sulfonamides is 1. The smallest absolute Gasteiger partial charge is 0.240 e. The first-order valence-corrected chi connectivity index (χ1v) is 10.3. The van der Waals surface area contributed by atoms with Gasteiger partial charge in [-0.3, -0.25) is 0 Å². The van der Waals surface area contributed by atoms with Crippen molar-refractivity contribution < 1.29 is 13.5 Å². The van der Waals surface area contributed by atoms with Gasteiger partial charge in [0.05, 0.1) is 11.0 Å². The summed E-state index contributed by atoms with van der Waals surface area (Å²) in [6, 6.07) is 5.45. The number of fused-ring (bicyclic) bond motifs is 1. The molecule has 0 aliphatic heterocycles. The zero-order chi connectivity index (χ0) is 16.3. The van der Waals surface area contributed by atoms with Gasteiger partial charge in [-0.1, -0.05) is 25.3 Å². The number of nitrogens with one attached hydrogen (secondary N) is 1. The van der Waals surface area contributed by atoms with Gasteiger partial charge in [-0.05, 0) is 67.7 Å². The number of rotatable bonds is 5. The maximum absolute atomic E-state index is 12.5. The van der Waals surface area contributed by atoms with Gasteiger partial charge in [0.1, 0.15) is 0 Å². The van der Waals surface area contributed by atoms with E-state index >= 15 is 0 Å². The first-order valence-electron chi connectivity index (χ1n) is 8.86. The number of aryl methyl sites for hydroxylation is 2. The van der Waals surface area contributed by atoms with Crippen molar-refractivity contribution in [3.05, 3.63) is 29.3 Å². The Morgan fingerprint density at radius 3 is 2.48 bits per heavy atom. The van der Waals surface area contributed by atoms with Gasteiger partial charge in [-0.2, -0.15) is 0 Å². The summed E-state index contributed by atoms with van der Waals surface area (Å²) in [5.74, 6) is 0.231. The summed E-state index contributed by atoms with van der Waals surface area (Å²) in [6.07, 6.45) is 9.25. The molecule has 3 rings (SSSR count). The first kappa shape index (κ1) is 16.9. The predicted octanol–water partition coefficient (Wildman–Crippen LogP) is 2.78. The van der Waals surface area contributed by atoms with Crippen molar-refractivity contribution >= 4 is 10.0 Å². The lowest BCUT2D eigenvalue weighted by Gasteiger charge is -2.26. The average Bonchev–Trinajstić information content (AvgIpc) is 2.60. The molecule has 1 fully saturated rings. The zero-order valence-corrected chi connectivity index (χ0v) is 14.4. The summed E-state index contributed by atoms with van der Waals surface area (Å²) < 4.78 is 27.6. The van der Waals surface area contributed by atoms with Crippen LogP contribution in [0, 0.1) is 5.92 Å². The second kappa shape index (κ2) is 7.32. The van der Waals surface area contributed by atoms with Gasteiger partial charge >= 0.3 is 0 Å². The van der Waals surface area contributed by atoms with E-state index < -0.39 is 16.1 Å². The molecule has 0 radical (unpaired) electrons. The topological polar surface area (TPSA) is 66.4 Å². The number of aliphatic hydroxyl groups excluding tert-OH is 1. The van der Waals surface area contributed by atoms with Crippen LogP contribution in [0.5, 0.6) is 0 Å². The van der Waals surface area contributed by atoms with Gasteiger partial charge in [-0.25, -0.2) is 13.1 Å². The number of hydrogen-bond donors (Lipinski definition) is 2. The number of benzene rings is 1. The summed E-state index contributed by atoms with van der Waals surface area (Å²) in [4.78, 5) is 0.328. The molecular formula is C18H27NO3S. The highest BCUT2D eigenvalue weighted by atomic mass is 32.2. The third-order valence-electron chi connectivity index (χ3n) is 5.31. The molecule has 2 aliphatic rings. The molecule has 0 unspecified atom stereocenters. The Balaban J connectivity index is 1.64. The average molecular weight is 337 g/mol. The maximum atomic E-state index is 12.5. The van der Waals surface area contributed by atoms with Crippen LogP contribution in [0.2, 0.25) is 0 Å². The fourth-order valence-electron chi connectivity index (χ4n) is 3.84. The molecular weight excluding hydrogens is 310 g/mol. The predicted molar refractivity (Wildman–Crippen MR) is 90.9 cm³/mol. The summed E-state index contributed by atoms with van der Waals surface area (Å²) in [6.45, 7) is 0.115. The highest BCUT2D eigenvalue weighted by molar-refractivity contribution is 7.89. The van der Waals surface area contributed by atoms with E-state index in [0.29, 0.717) is 4.90 Å². The SMILES string of the molecule is O=S(=O)(NC[C@H](O)C1CCCCC1)c1ccc2c(c1)CCCC2. The van der Waals surface area contributed by atoms with Crippen molar-refractivity contribution in [3.8, 4) is 0 Å². The minimum absolute atomic E-state index is 0.115. The fraction of sp³-hybridized carbons (Fsp3) is 0.667. The quantitative estimate of drug-likeness (QED) is 0.868. The molecule has 2 aliphatic carbocycles. The van der Waals surface area contributed by atoms with Crippen molar-refractivity contribution in [2.45, 2.75) is 68.8 Å². The van der Waals surface area contributed by atoms with Gasteiger partial charge in [-0.15, -0.1) is 0 Å². The molecule has 1 saturated carbocycles. The van der Waals surface area contributed by atoms with E-state index in [4.69, 9.17) is 0 Å². The van der Waals surface area contributed by atoms with E-state index in [2.05, 4.69) is 4.72 Å². The van der Waals surface area contributed by atoms with Crippen molar-refractivity contribution in [3.63, 3.8) is 0 Å². The van der Waals surface area contributed by atoms with Crippen LogP contribution in [-0.2, 0) is 22.9 Å². The van der Waals surface area contributed by atoms with Crippen LogP contribution in [0.25, 0.3) is 0 Å². The largest absolute Gasteiger partial charge is 0.391 e. The summed E-state index contributed by atoms with van der Waals surface area (Å²) in [5.41, 5.74) is 2.43. The first-order chi connectivity index (χ1) is 11.1.